The lowest BCUT2D eigenvalue weighted by Gasteiger charge is -2.10. The molecule has 0 unspecified atom stereocenters. The minimum Gasteiger partial charge on any atom is -0.463 e. The van der Waals surface area contributed by atoms with Crippen LogP contribution in [0, 0.1) is 0 Å². The van der Waals surface area contributed by atoms with Gasteiger partial charge < -0.3 is 15.1 Å². The standard InChI is InChI=1S/C22H19N3O2/c26-22(25-15-18-7-3-6-17-5-1-2-8-19(17)18)24-14-16-10-11-20(23-13-16)21-9-4-12-27-21/h1-13H,14-15H2,(H2,24,25,26). The van der Waals surface area contributed by atoms with Gasteiger partial charge in [-0.2, -0.15) is 0 Å². The van der Waals surface area contributed by atoms with Crippen LogP contribution in [-0.4, -0.2) is 11.0 Å². The summed E-state index contributed by atoms with van der Waals surface area (Å²) in [5.41, 5.74) is 2.78. The van der Waals surface area contributed by atoms with Crippen LogP contribution >= 0.6 is 0 Å². The third-order valence-electron chi connectivity index (χ3n) is 4.37. The Morgan fingerprint density at radius 3 is 2.56 bits per heavy atom. The third-order valence-corrected chi connectivity index (χ3v) is 4.37. The Morgan fingerprint density at radius 1 is 0.889 bits per heavy atom. The van der Waals surface area contributed by atoms with Gasteiger partial charge in [-0.1, -0.05) is 48.5 Å². The molecule has 0 aliphatic heterocycles. The predicted molar refractivity (Wildman–Crippen MR) is 105 cm³/mol. The molecule has 4 rings (SSSR count). The van der Waals surface area contributed by atoms with Crippen LogP contribution in [0.4, 0.5) is 4.79 Å². The number of hydrogen-bond donors (Lipinski definition) is 2. The summed E-state index contributed by atoms with van der Waals surface area (Å²) in [4.78, 5) is 16.5. The van der Waals surface area contributed by atoms with Gasteiger partial charge in [0.05, 0.1) is 6.26 Å². The van der Waals surface area contributed by atoms with Crippen molar-refractivity contribution in [2.45, 2.75) is 13.1 Å². The summed E-state index contributed by atoms with van der Waals surface area (Å²) >= 11 is 0. The highest BCUT2D eigenvalue weighted by Gasteiger charge is 2.05. The Kier molecular flexibility index (Phi) is 4.83. The number of rotatable bonds is 5. The molecule has 0 bridgehead atoms. The van der Waals surface area contributed by atoms with Gasteiger partial charge >= 0.3 is 6.03 Å². The Hall–Kier alpha value is -3.60. The van der Waals surface area contributed by atoms with E-state index in [4.69, 9.17) is 4.42 Å². The Balaban J connectivity index is 1.32. The molecule has 5 nitrogen and oxygen atoms in total. The number of fused-ring (bicyclic) bond motifs is 1. The van der Waals surface area contributed by atoms with Gasteiger partial charge in [0.25, 0.3) is 0 Å². The number of nitrogens with zero attached hydrogens (tertiary/aromatic N) is 1. The van der Waals surface area contributed by atoms with E-state index in [-0.39, 0.29) is 6.03 Å². The van der Waals surface area contributed by atoms with Gasteiger partial charge in [0, 0.05) is 19.3 Å². The summed E-state index contributed by atoms with van der Waals surface area (Å²) in [5, 5.41) is 8.09. The fraction of sp³-hybridized carbons (Fsp3) is 0.0909. The van der Waals surface area contributed by atoms with Crippen molar-refractivity contribution < 1.29 is 9.21 Å². The van der Waals surface area contributed by atoms with E-state index in [0.29, 0.717) is 13.1 Å². The summed E-state index contributed by atoms with van der Waals surface area (Å²) in [5.74, 6) is 0.724. The molecular weight excluding hydrogens is 338 g/mol. The van der Waals surface area contributed by atoms with E-state index in [1.165, 1.54) is 5.39 Å². The van der Waals surface area contributed by atoms with Gasteiger partial charge in [0.2, 0.25) is 0 Å². The van der Waals surface area contributed by atoms with Crippen molar-refractivity contribution in [2.24, 2.45) is 0 Å². The number of pyridine rings is 1. The molecule has 0 radical (unpaired) electrons. The average Bonchev–Trinajstić information content (AvgIpc) is 3.26. The monoisotopic (exact) mass is 357 g/mol. The van der Waals surface area contributed by atoms with Crippen LogP contribution in [0.2, 0.25) is 0 Å². The van der Waals surface area contributed by atoms with E-state index in [2.05, 4.69) is 33.8 Å². The molecule has 0 saturated heterocycles. The van der Waals surface area contributed by atoms with Crippen molar-refractivity contribution in [1.82, 2.24) is 15.6 Å². The second-order valence-corrected chi connectivity index (χ2v) is 6.20. The zero-order valence-corrected chi connectivity index (χ0v) is 14.7. The number of benzene rings is 2. The summed E-state index contributed by atoms with van der Waals surface area (Å²) in [6.07, 6.45) is 3.36. The summed E-state index contributed by atoms with van der Waals surface area (Å²) in [6.45, 7) is 0.885. The zero-order valence-electron chi connectivity index (χ0n) is 14.7. The van der Waals surface area contributed by atoms with Gasteiger partial charge in [-0.15, -0.1) is 0 Å². The van der Waals surface area contributed by atoms with Gasteiger partial charge in [0.1, 0.15) is 5.69 Å². The minimum atomic E-state index is -0.210. The second-order valence-electron chi connectivity index (χ2n) is 6.20. The van der Waals surface area contributed by atoms with E-state index in [1.807, 2.05) is 48.5 Å². The van der Waals surface area contributed by atoms with Crippen molar-refractivity contribution in [2.75, 3.05) is 0 Å². The molecule has 4 aromatic rings. The van der Waals surface area contributed by atoms with E-state index < -0.39 is 0 Å². The van der Waals surface area contributed by atoms with Gasteiger partial charge in [-0.05, 0) is 40.1 Å². The number of urea groups is 1. The van der Waals surface area contributed by atoms with Crippen LogP contribution < -0.4 is 10.6 Å². The number of furan rings is 1. The molecule has 0 saturated carbocycles. The molecule has 27 heavy (non-hydrogen) atoms. The first-order valence-electron chi connectivity index (χ1n) is 8.77. The van der Waals surface area contributed by atoms with Crippen molar-refractivity contribution >= 4 is 16.8 Å². The molecule has 0 fully saturated rings. The van der Waals surface area contributed by atoms with Crippen molar-refractivity contribution in [3.8, 4) is 11.5 Å². The van der Waals surface area contributed by atoms with Crippen LogP contribution in [-0.2, 0) is 13.1 Å². The number of carbonyl (C=O) groups excluding carboxylic acids is 1. The molecule has 2 amide bonds. The molecular formula is C22H19N3O2. The molecule has 0 aliphatic carbocycles. The topological polar surface area (TPSA) is 67.2 Å². The minimum absolute atomic E-state index is 0.210. The molecule has 0 spiro atoms. The maximum absolute atomic E-state index is 12.1. The summed E-state index contributed by atoms with van der Waals surface area (Å²) in [7, 11) is 0. The quantitative estimate of drug-likeness (QED) is 0.553. The van der Waals surface area contributed by atoms with Crippen LogP contribution in [0.15, 0.2) is 83.6 Å². The molecule has 2 N–H and O–H groups in total. The van der Waals surface area contributed by atoms with E-state index in [9.17, 15) is 4.79 Å². The van der Waals surface area contributed by atoms with E-state index in [0.717, 1.165) is 28.0 Å². The van der Waals surface area contributed by atoms with Crippen molar-refractivity contribution in [3.05, 3.63) is 90.3 Å². The Bertz CT molecular complexity index is 1040. The average molecular weight is 357 g/mol. The van der Waals surface area contributed by atoms with Gasteiger partial charge in [-0.25, -0.2) is 4.79 Å². The lowest BCUT2D eigenvalue weighted by atomic mass is 10.0. The highest BCUT2D eigenvalue weighted by Crippen LogP contribution is 2.18. The highest BCUT2D eigenvalue weighted by molar-refractivity contribution is 5.86. The molecule has 2 aromatic carbocycles. The molecule has 2 heterocycles. The first kappa shape index (κ1) is 16.8. The number of aromatic nitrogens is 1. The van der Waals surface area contributed by atoms with Crippen molar-refractivity contribution in [3.63, 3.8) is 0 Å². The van der Waals surface area contributed by atoms with Crippen LogP contribution in [0.1, 0.15) is 11.1 Å². The number of nitrogens with one attached hydrogen (secondary N) is 2. The highest BCUT2D eigenvalue weighted by atomic mass is 16.3. The lowest BCUT2D eigenvalue weighted by Crippen LogP contribution is -2.34. The van der Waals surface area contributed by atoms with Gasteiger partial charge in [0.15, 0.2) is 5.76 Å². The molecule has 0 atom stereocenters. The first-order valence-corrected chi connectivity index (χ1v) is 8.77. The summed E-state index contributed by atoms with van der Waals surface area (Å²) < 4.78 is 5.32. The molecule has 134 valence electrons. The summed E-state index contributed by atoms with van der Waals surface area (Å²) in [6, 6.07) is 21.5. The Morgan fingerprint density at radius 2 is 1.74 bits per heavy atom. The van der Waals surface area contributed by atoms with E-state index in [1.54, 1.807) is 12.5 Å². The molecule has 0 aliphatic rings. The smallest absolute Gasteiger partial charge is 0.315 e. The molecule has 2 aromatic heterocycles. The number of hydrogen-bond acceptors (Lipinski definition) is 3. The zero-order chi connectivity index (χ0) is 18.5. The number of amides is 2. The van der Waals surface area contributed by atoms with Gasteiger partial charge in [-0.3, -0.25) is 4.98 Å². The van der Waals surface area contributed by atoms with Crippen LogP contribution in [0.25, 0.3) is 22.2 Å². The van der Waals surface area contributed by atoms with E-state index >= 15 is 0 Å². The predicted octanol–water partition coefficient (Wildman–Crippen LogP) is 4.49. The third kappa shape index (κ3) is 3.98. The van der Waals surface area contributed by atoms with Crippen LogP contribution in [0.3, 0.4) is 0 Å². The van der Waals surface area contributed by atoms with Crippen molar-refractivity contribution in [1.29, 1.82) is 0 Å². The fourth-order valence-corrected chi connectivity index (χ4v) is 2.97. The van der Waals surface area contributed by atoms with Crippen LogP contribution in [0.5, 0.6) is 0 Å². The Labute approximate surface area is 157 Å². The first-order chi connectivity index (χ1) is 13.3. The fourth-order valence-electron chi connectivity index (χ4n) is 2.97. The molecule has 5 heteroatoms. The lowest BCUT2D eigenvalue weighted by molar-refractivity contribution is 0.240. The SMILES string of the molecule is O=C(NCc1ccc(-c2ccco2)nc1)NCc1cccc2ccccc12. The largest absolute Gasteiger partial charge is 0.463 e. The maximum Gasteiger partial charge on any atom is 0.315 e. The second kappa shape index (κ2) is 7.74. The normalized spacial score (nSPS) is 10.7. The number of carbonyl (C=O) groups is 1. The maximum atomic E-state index is 12.1.